The first-order valence-corrected chi connectivity index (χ1v) is 3.74. The van der Waals surface area contributed by atoms with Crippen LogP contribution in [0.2, 0.25) is 0 Å². The zero-order valence-corrected chi connectivity index (χ0v) is 6.93. The Morgan fingerprint density at radius 1 is 1.60 bits per heavy atom. The number of allylic oxidation sites excluding steroid dienone is 2. The van der Waals surface area contributed by atoms with Gasteiger partial charge in [0.2, 0.25) is 0 Å². The summed E-state index contributed by atoms with van der Waals surface area (Å²) in [5.74, 6) is 0.774. The minimum absolute atomic E-state index is 0.642. The van der Waals surface area contributed by atoms with Crippen LogP contribution in [0.3, 0.4) is 0 Å². The molecule has 0 heterocycles. The smallest absolute Gasteiger partial charge is 0.0237 e. The Morgan fingerprint density at radius 2 is 2.20 bits per heavy atom. The molecule has 0 radical (unpaired) electrons. The Kier molecular flexibility index (Phi) is 4.73. The second-order valence-electron chi connectivity index (χ2n) is 2.95. The van der Waals surface area contributed by atoms with Crippen molar-refractivity contribution < 1.29 is 0 Å². The fraction of sp³-hybridized carbons (Fsp3) is 0.556. The molecule has 0 rings (SSSR count). The summed E-state index contributed by atoms with van der Waals surface area (Å²) in [5.41, 5.74) is 5.97. The van der Waals surface area contributed by atoms with Crippen LogP contribution in [-0.4, -0.2) is 0 Å². The lowest BCUT2D eigenvalue weighted by Gasteiger charge is -1.98. The van der Waals surface area contributed by atoms with Crippen molar-refractivity contribution in [1.82, 2.24) is 0 Å². The lowest BCUT2D eigenvalue weighted by Crippen LogP contribution is -1.89. The van der Waals surface area contributed by atoms with E-state index in [0.717, 1.165) is 12.3 Å². The van der Waals surface area contributed by atoms with Crippen LogP contribution in [0.1, 0.15) is 26.7 Å². The van der Waals surface area contributed by atoms with Crippen LogP contribution in [0.15, 0.2) is 24.4 Å². The van der Waals surface area contributed by atoms with Gasteiger partial charge in [0.15, 0.2) is 0 Å². The Bertz CT molecular complexity index is 123. The van der Waals surface area contributed by atoms with Gasteiger partial charge >= 0.3 is 0 Å². The lowest BCUT2D eigenvalue weighted by molar-refractivity contribution is 0.594. The minimum atomic E-state index is 0.642. The second kappa shape index (κ2) is 5.10. The molecule has 0 saturated carbocycles. The van der Waals surface area contributed by atoms with E-state index >= 15 is 0 Å². The standard InChI is InChI=1S/C9H17N/c1-8(2)6-4-5-7-9(3)10/h5,7-8H,3-4,6,10H2,1-2H3/b7-5+. The van der Waals surface area contributed by atoms with Crippen LogP contribution in [-0.2, 0) is 0 Å². The molecule has 2 N–H and O–H groups in total. The van der Waals surface area contributed by atoms with E-state index in [-0.39, 0.29) is 0 Å². The van der Waals surface area contributed by atoms with E-state index in [2.05, 4.69) is 26.5 Å². The molecule has 0 aromatic rings. The fourth-order valence-electron chi connectivity index (χ4n) is 0.664. The average molecular weight is 139 g/mol. The summed E-state index contributed by atoms with van der Waals surface area (Å²) < 4.78 is 0. The first kappa shape index (κ1) is 9.28. The fourth-order valence-corrected chi connectivity index (χ4v) is 0.664. The molecule has 0 aliphatic rings. The van der Waals surface area contributed by atoms with Crippen molar-refractivity contribution in [3.05, 3.63) is 24.4 Å². The van der Waals surface area contributed by atoms with Crippen LogP contribution >= 0.6 is 0 Å². The summed E-state index contributed by atoms with van der Waals surface area (Å²) in [6, 6.07) is 0. The largest absolute Gasteiger partial charge is 0.399 e. The third-order valence-corrected chi connectivity index (χ3v) is 1.24. The molecule has 0 amide bonds. The highest BCUT2D eigenvalue weighted by atomic mass is 14.5. The molecule has 0 aromatic carbocycles. The maximum absolute atomic E-state index is 5.33. The van der Waals surface area contributed by atoms with Crippen molar-refractivity contribution in [3.8, 4) is 0 Å². The van der Waals surface area contributed by atoms with Crippen molar-refractivity contribution in [2.75, 3.05) is 0 Å². The second-order valence-corrected chi connectivity index (χ2v) is 2.95. The van der Waals surface area contributed by atoms with Crippen molar-refractivity contribution in [1.29, 1.82) is 0 Å². The van der Waals surface area contributed by atoms with Gasteiger partial charge in [-0.1, -0.05) is 26.5 Å². The predicted molar refractivity (Wildman–Crippen MR) is 46.5 cm³/mol. The number of hydrogen-bond acceptors (Lipinski definition) is 1. The molecular weight excluding hydrogens is 122 g/mol. The Morgan fingerprint density at radius 3 is 2.60 bits per heavy atom. The summed E-state index contributed by atoms with van der Waals surface area (Å²) in [5, 5.41) is 0. The van der Waals surface area contributed by atoms with Crippen molar-refractivity contribution >= 4 is 0 Å². The van der Waals surface area contributed by atoms with Gasteiger partial charge in [-0.2, -0.15) is 0 Å². The monoisotopic (exact) mass is 139 g/mol. The molecule has 1 heteroatoms. The summed E-state index contributed by atoms with van der Waals surface area (Å²) in [4.78, 5) is 0. The maximum Gasteiger partial charge on any atom is 0.0237 e. The zero-order valence-electron chi connectivity index (χ0n) is 6.93. The van der Waals surface area contributed by atoms with Crippen molar-refractivity contribution in [3.63, 3.8) is 0 Å². The summed E-state index contributed by atoms with van der Waals surface area (Å²) >= 11 is 0. The van der Waals surface area contributed by atoms with Gasteiger partial charge in [0.25, 0.3) is 0 Å². The molecule has 0 bridgehead atoms. The van der Waals surface area contributed by atoms with Gasteiger partial charge in [-0.3, -0.25) is 0 Å². The van der Waals surface area contributed by atoms with E-state index in [4.69, 9.17) is 5.73 Å². The van der Waals surface area contributed by atoms with Crippen molar-refractivity contribution in [2.24, 2.45) is 11.7 Å². The molecule has 0 aliphatic heterocycles. The molecule has 1 nitrogen and oxygen atoms in total. The van der Waals surface area contributed by atoms with Crippen LogP contribution in [0, 0.1) is 5.92 Å². The SMILES string of the molecule is C=C(N)/C=C/CCC(C)C. The third kappa shape index (κ3) is 7.28. The van der Waals surface area contributed by atoms with Crippen molar-refractivity contribution in [2.45, 2.75) is 26.7 Å². The highest BCUT2D eigenvalue weighted by molar-refractivity contribution is 5.09. The molecule has 0 unspecified atom stereocenters. The topological polar surface area (TPSA) is 26.0 Å². The molecular formula is C9H17N. The molecule has 10 heavy (non-hydrogen) atoms. The quantitative estimate of drug-likeness (QED) is 0.595. The van der Waals surface area contributed by atoms with Gasteiger partial charge in [0.05, 0.1) is 0 Å². The zero-order chi connectivity index (χ0) is 7.98. The van der Waals surface area contributed by atoms with E-state index in [1.165, 1.54) is 6.42 Å². The third-order valence-electron chi connectivity index (χ3n) is 1.24. The van der Waals surface area contributed by atoms with Gasteiger partial charge in [0, 0.05) is 5.70 Å². The van der Waals surface area contributed by atoms with Gasteiger partial charge in [0.1, 0.15) is 0 Å². The molecule has 0 saturated heterocycles. The predicted octanol–water partition coefficient (Wildman–Crippen LogP) is 2.45. The molecule has 0 atom stereocenters. The molecule has 0 aromatic heterocycles. The number of hydrogen-bond donors (Lipinski definition) is 1. The number of nitrogens with two attached hydrogens (primary N) is 1. The highest BCUT2D eigenvalue weighted by Gasteiger charge is 1.88. The first-order chi connectivity index (χ1) is 4.63. The van der Waals surface area contributed by atoms with Crippen LogP contribution in [0.5, 0.6) is 0 Å². The normalized spacial score (nSPS) is 11.1. The molecule has 0 fully saturated rings. The lowest BCUT2D eigenvalue weighted by atomic mass is 10.1. The number of rotatable bonds is 4. The van der Waals surface area contributed by atoms with E-state index in [0.29, 0.717) is 5.70 Å². The molecule has 0 spiro atoms. The van der Waals surface area contributed by atoms with E-state index in [1.807, 2.05) is 6.08 Å². The van der Waals surface area contributed by atoms with Crippen LogP contribution < -0.4 is 5.73 Å². The first-order valence-electron chi connectivity index (χ1n) is 3.74. The van der Waals surface area contributed by atoms with E-state index in [9.17, 15) is 0 Å². The maximum atomic E-state index is 5.33. The van der Waals surface area contributed by atoms with E-state index in [1.54, 1.807) is 0 Å². The Hall–Kier alpha value is -0.720. The van der Waals surface area contributed by atoms with Gasteiger partial charge in [-0.25, -0.2) is 0 Å². The van der Waals surface area contributed by atoms with E-state index < -0.39 is 0 Å². The Balaban J connectivity index is 3.27. The van der Waals surface area contributed by atoms with Gasteiger partial charge in [-0.15, -0.1) is 0 Å². The van der Waals surface area contributed by atoms with Gasteiger partial charge in [-0.05, 0) is 24.8 Å². The average Bonchev–Trinajstić information content (AvgIpc) is 1.79. The van der Waals surface area contributed by atoms with Crippen LogP contribution in [0.4, 0.5) is 0 Å². The Labute approximate surface area is 63.6 Å². The summed E-state index contributed by atoms with van der Waals surface area (Å²) in [7, 11) is 0. The highest BCUT2D eigenvalue weighted by Crippen LogP contribution is 2.03. The summed E-state index contributed by atoms with van der Waals surface area (Å²) in [6.45, 7) is 7.99. The minimum Gasteiger partial charge on any atom is -0.399 e. The molecule has 0 aliphatic carbocycles. The van der Waals surface area contributed by atoms with Gasteiger partial charge < -0.3 is 5.73 Å². The summed E-state index contributed by atoms with van der Waals surface area (Å²) in [6.07, 6.45) is 6.27. The van der Waals surface area contributed by atoms with Crippen LogP contribution in [0.25, 0.3) is 0 Å². The molecule has 58 valence electrons.